The summed E-state index contributed by atoms with van der Waals surface area (Å²) in [4.78, 5) is 23.5. The van der Waals surface area contributed by atoms with Crippen LogP contribution in [0.3, 0.4) is 0 Å². The Morgan fingerprint density at radius 2 is 1.73 bits per heavy atom. The molecule has 2 atom stereocenters. The minimum Gasteiger partial charge on any atom is -0.375 e. The number of rotatable bonds is 7. The fourth-order valence-corrected chi connectivity index (χ4v) is 1.92. The molecule has 0 bridgehead atoms. The zero-order valence-electron chi connectivity index (χ0n) is 13.2. The number of amides is 2. The SMILES string of the molecule is CNC(=O)C(NC(=O)C(C)C)C(C)OCC1(C(F)(F)F)CC1. The molecule has 128 valence electrons. The number of carbonyl (C=O) groups is 2. The highest BCUT2D eigenvalue weighted by Gasteiger charge is 2.63. The number of hydrogen-bond acceptors (Lipinski definition) is 3. The van der Waals surface area contributed by atoms with Crippen molar-refractivity contribution >= 4 is 11.8 Å². The summed E-state index contributed by atoms with van der Waals surface area (Å²) >= 11 is 0. The van der Waals surface area contributed by atoms with Gasteiger partial charge in [0.15, 0.2) is 0 Å². The zero-order valence-corrected chi connectivity index (χ0v) is 13.2. The maximum absolute atomic E-state index is 12.9. The van der Waals surface area contributed by atoms with Gasteiger partial charge in [0.2, 0.25) is 11.8 Å². The van der Waals surface area contributed by atoms with Crippen molar-refractivity contribution in [1.29, 1.82) is 0 Å². The number of carbonyl (C=O) groups excluding carboxylic acids is 2. The molecule has 0 aromatic rings. The number of alkyl halides is 3. The monoisotopic (exact) mass is 324 g/mol. The first-order valence-electron chi connectivity index (χ1n) is 7.24. The lowest BCUT2D eigenvalue weighted by molar-refractivity contribution is -0.206. The van der Waals surface area contributed by atoms with Crippen molar-refractivity contribution in [3.8, 4) is 0 Å². The number of halogens is 3. The summed E-state index contributed by atoms with van der Waals surface area (Å²) in [5.74, 6) is -1.20. The molecule has 0 aromatic heterocycles. The minimum absolute atomic E-state index is 0.0339. The number of ether oxygens (including phenoxy) is 1. The van der Waals surface area contributed by atoms with E-state index in [2.05, 4.69) is 10.6 Å². The van der Waals surface area contributed by atoms with E-state index in [0.717, 1.165) is 0 Å². The maximum Gasteiger partial charge on any atom is 0.396 e. The minimum atomic E-state index is -4.31. The van der Waals surface area contributed by atoms with Crippen molar-refractivity contribution < 1.29 is 27.5 Å². The Kier molecular flexibility index (Phi) is 5.83. The predicted octanol–water partition coefficient (Wildman–Crippen LogP) is 1.62. The Morgan fingerprint density at radius 3 is 2.09 bits per heavy atom. The lowest BCUT2D eigenvalue weighted by Gasteiger charge is -2.27. The molecule has 0 aromatic carbocycles. The Bertz CT molecular complexity index is 420. The molecule has 1 fully saturated rings. The summed E-state index contributed by atoms with van der Waals surface area (Å²) in [6, 6.07) is -1.02. The molecular formula is C14H23F3N2O3. The van der Waals surface area contributed by atoms with Gasteiger partial charge in [0, 0.05) is 13.0 Å². The first-order valence-corrected chi connectivity index (χ1v) is 7.24. The Morgan fingerprint density at radius 1 is 1.18 bits per heavy atom. The summed E-state index contributed by atoms with van der Waals surface area (Å²) in [5.41, 5.74) is -1.80. The molecule has 1 saturated carbocycles. The highest BCUT2D eigenvalue weighted by molar-refractivity contribution is 5.88. The van der Waals surface area contributed by atoms with E-state index in [1.165, 1.54) is 14.0 Å². The van der Waals surface area contributed by atoms with Gasteiger partial charge in [-0.15, -0.1) is 0 Å². The molecule has 2 unspecified atom stereocenters. The van der Waals surface area contributed by atoms with Crippen molar-refractivity contribution in [2.45, 2.75) is 51.9 Å². The van der Waals surface area contributed by atoms with Crippen LogP contribution in [0.25, 0.3) is 0 Å². The van der Waals surface area contributed by atoms with Crippen LogP contribution in [0, 0.1) is 11.3 Å². The van der Waals surface area contributed by atoms with E-state index < -0.39 is 36.3 Å². The van der Waals surface area contributed by atoms with Crippen LogP contribution >= 0.6 is 0 Å². The lowest BCUT2D eigenvalue weighted by atomic mass is 10.1. The second-order valence-electron chi connectivity index (χ2n) is 6.05. The smallest absolute Gasteiger partial charge is 0.375 e. The van der Waals surface area contributed by atoms with E-state index in [1.807, 2.05) is 0 Å². The summed E-state index contributed by atoms with van der Waals surface area (Å²) < 4.78 is 43.8. The molecule has 1 aliphatic carbocycles. The van der Waals surface area contributed by atoms with Crippen LogP contribution in [0.5, 0.6) is 0 Å². The van der Waals surface area contributed by atoms with Gasteiger partial charge in [0.1, 0.15) is 6.04 Å². The molecule has 1 rings (SSSR count). The standard InChI is InChI=1S/C14H23F3N2O3/c1-8(2)11(20)19-10(12(21)18-4)9(3)22-7-13(5-6-13)14(15,16)17/h8-10H,5-7H2,1-4H3,(H,18,21)(H,19,20). The van der Waals surface area contributed by atoms with Crippen LogP contribution in [0.4, 0.5) is 13.2 Å². The summed E-state index contributed by atoms with van der Waals surface area (Å²) in [6.45, 7) is 4.30. The molecule has 1 aliphatic rings. The molecule has 0 spiro atoms. The topological polar surface area (TPSA) is 67.4 Å². The molecule has 0 saturated heterocycles. The number of hydrogen-bond donors (Lipinski definition) is 2. The third-order valence-electron chi connectivity index (χ3n) is 3.90. The van der Waals surface area contributed by atoms with Crippen LogP contribution in [0.2, 0.25) is 0 Å². The quantitative estimate of drug-likeness (QED) is 0.748. The van der Waals surface area contributed by atoms with E-state index in [9.17, 15) is 22.8 Å². The van der Waals surface area contributed by atoms with Crippen molar-refractivity contribution in [2.24, 2.45) is 11.3 Å². The molecular weight excluding hydrogens is 301 g/mol. The molecule has 8 heteroatoms. The van der Waals surface area contributed by atoms with Crippen molar-refractivity contribution in [1.82, 2.24) is 10.6 Å². The molecule has 5 nitrogen and oxygen atoms in total. The fourth-order valence-electron chi connectivity index (χ4n) is 1.92. The summed E-state index contributed by atoms with van der Waals surface area (Å²) in [5, 5.41) is 4.88. The van der Waals surface area contributed by atoms with E-state index in [1.54, 1.807) is 13.8 Å². The second-order valence-corrected chi connectivity index (χ2v) is 6.05. The first-order chi connectivity index (χ1) is 10.0. The second kappa shape index (κ2) is 6.85. The van der Waals surface area contributed by atoms with E-state index >= 15 is 0 Å². The average Bonchev–Trinajstić information content (AvgIpc) is 3.21. The van der Waals surface area contributed by atoms with Gasteiger partial charge in [-0.2, -0.15) is 13.2 Å². The normalized spacial score (nSPS) is 19.5. The van der Waals surface area contributed by atoms with Crippen LogP contribution in [0.15, 0.2) is 0 Å². The Labute approximate surface area is 128 Å². The Balaban J connectivity index is 2.66. The third-order valence-corrected chi connectivity index (χ3v) is 3.90. The summed E-state index contributed by atoms with van der Waals surface area (Å²) in [6.07, 6.45) is -5.10. The van der Waals surface area contributed by atoms with Crippen molar-refractivity contribution in [3.63, 3.8) is 0 Å². The van der Waals surface area contributed by atoms with Gasteiger partial charge in [-0.25, -0.2) is 0 Å². The average molecular weight is 324 g/mol. The fraction of sp³-hybridized carbons (Fsp3) is 0.857. The van der Waals surface area contributed by atoms with Crippen molar-refractivity contribution in [3.05, 3.63) is 0 Å². The molecule has 0 heterocycles. The predicted molar refractivity (Wildman–Crippen MR) is 74.0 cm³/mol. The molecule has 22 heavy (non-hydrogen) atoms. The van der Waals surface area contributed by atoms with Gasteiger partial charge in [-0.1, -0.05) is 13.8 Å². The van der Waals surface area contributed by atoms with Gasteiger partial charge in [0.05, 0.1) is 18.1 Å². The molecule has 0 aliphatic heterocycles. The summed E-state index contributed by atoms with van der Waals surface area (Å²) in [7, 11) is 1.39. The highest BCUT2D eigenvalue weighted by Crippen LogP contribution is 2.57. The lowest BCUT2D eigenvalue weighted by Crippen LogP contribution is -2.53. The maximum atomic E-state index is 12.9. The van der Waals surface area contributed by atoms with E-state index in [-0.39, 0.29) is 24.7 Å². The molecule has 2 amide bonds. The van der Waals surface area contributed by atoms with Crippen molar-refractivity contribution in [2.75, 3.05) is 13.7 Å². The number of nitrogens with one attached hydrogen (secondary N) is 2. The van der Waals surface area contributed by atoms with Crippen LogP contribution in [-0.2, 0) is 14.3 Å². The number of likely N-dealkylation sites (N-methyl/N-ethyl adjacent to an activating group) is 1. The Hall–Kier alpha value is -1.31. The van der Waals surface area contributed by atoms with Crippen LogP contribution < -0.4 is 10.6 Å². The van der Waals surface area contributed by atoms with Gasteiger partial charge in [-0.05, 0) is 19.8 Å². The van der Waals surface area contributed by atoms with Gasteiger partial charge >= 0.3 is 6.18 Å². The van der Waals surface area contributed by atoms with Crippen LogP contribution in [0.1, 0.15) is 33.6 Å². The molecule has 0 radical (unpaired) electrons. The zero-order chi connectivity index (χ0) is 17.1. The first kappa shape index (κ1) is 18.7. The molecule has 2 N–H and O–H groups in total. The van der Waals surface area contributed by atoms with E-state index in [4.69, 9.17) is 4.74 Å². The van der Waals surface area contributed by atoms with Gasteiger partial charge in [-0.3, -0.25) is 9.59 Å². The van der Waals surface area contributed by atoms with Gasteiger partial charge < -0.3 is 15.4 Å². The van der Waals surface area contributed by atoms with Gasteiger partial charge in [0.25, 0.3) is 0 Å². The van der Waals surface area contributed by atoms with Crippen LogP contribution in [-0.4, -0.2) is 43.8 Å². The largest absolute Gasteiger partial charge is 0.396 e. The highest BCUT2D eigenvalue weighted by atomic mass is 19.4. The van der Waals surface area contributed by atoms with E-state index in [0.29, 0.717) is 0 Å². The third kappa shape index (κ3) is 4.34.